The van der Waals surface area contributed by atoms with E-state index in [0.29, 0.717) is 11.6 Å². The smallest absolute Gasteiger partial charge is 0.308 e. The number of halogens is 1. The zero-order valence-electron chi connectivity index (χ0n) is 14.6. The first-order chi connectivity index (χ1) is 11.8. The number of amides is 1. The monoisotopic (exact) mass is 363 g/mol. The van der Waals surface area contributed by atoms with E-state index in [4.69, 9.17) is 16.3 Å². The Kier molecular flexibility index (Phi) is 6.58. The minimum atomic E-state index is -0.429. The maximum absolute atomic E-state index is 11.9. The molecule has 0 aliphatic rings. The number of rotatable bonds is 7. The van der Waals surface area contributed by atoms with Gasteiger partial charge < -0.3 is 10.1 Å². The molecule has 2 aromatic rings. The molecule has 0 saturated carbocycles. The molecule has 0 saturated heterocycles. The Morgan fingerprint density at radius 1 is 1.28 bits per heavy atom. The van der Waals surface area contributed by atoms with E-state index in [1.165, 1.54) is 0 Å². The van der Waals surface area contributed by atoms with Gasteiger partial charge in [-0.1, -0.05) is 23.7 Å². The lowest BCUT2D eigenvalue weighted by Gasteiger charge is -2.14. The minimum absolute atomic E-state index is 0.169. The fourth-order valence-corrected chi connectivity index (χ4v) is 2.56. The summed E-state index contributed by atoms with van der Waals surface area (Å²) in [7, 11) is 0. The minimum Gasteiger partial charge on any atom is -0.456 e. The van der Waals surface area contributed by atoms with Crippen LogP contribution < -0.4 is 5.32 Å². The Morgan fingerprint density at radius 2 is 1.96 bits per heavy atom. The van der Waals surface area contributed by atoms with Crippen LogP contribution in [0.15, 0.2) is 30.3 Å². The summed E-state index contributed by atoms with van der Waals surface area (Å²) in [6.45, 7) is 5.81. The average molecular weight is 364 g/mol. The number of esters is 1. The number of aromatic nitrogens is 2. The van der Waals surface area contributed by atoms with Crippen molar-refractivity contribution in [2.75, 3.05) is 6.61 Å². The van der Waals surface area contributed by atoms with E-state index in [9.17, 15) is 9.59 Å². The van der Waals surface area contributed by atoms with Crippen LogP contribution in [0, 0.1) is 13.8 Å². The fourth-order valence-electron chi connectivity index (χ4n) is 2.43. The number of nitrogens with one attached hydrogen (secondary N) is 1. The Hall–Kier alpha value is -2.34. The number of hydrogen-bond acceptors (Lipinski definition) is 4. The van der Waals surface area contributed by atoms with Gasteiger partial charge in [0, 0.05) is 10.7 Å². The Labute approximate surface area is 152 Å². The van der Waals surface area contributed by atoms with Crippen LogP contribution in [0.3, 0.4) is 0 Å². The molecule has 2 rings (SSSR count). The third-order valence-corrected chi connectivity index (χ3v) is 3.99. The molecule has 134 valence electrons. The molecule has 7 heteroatoms. The molecule has 0 spiro atoms. The molecule has 1 atom stereocenters. The van der Waals surface area contributed by atoms with Gasteiger partial charge in [-0.25, -0.2) is 0 Å². The molecule has 0 aliphatic carbocycles. The van der Waals surface area contributed by atoms with Crippen LogP contribution in [-0.4, -0.2) is 28.3 Å². The highest BCUT2D eigenvalue weighted by Gasteiger charge is 2.12. The van der Waals surface area contributed by atoms with Crippen molar-refractivity contribution in [1.82, 2.24) is 15.1 Å². The van der Waals surface area contributed by atoms with Crippen molar-refractivity contribution in [3.05, 3.63) is 52.3 Å². The predicted molar refractivity (Wildman–Crippen MR) is 95.3 cm³/mol. The number of ether oxygens (including phenoxy) is 1. The first-order valence-electron chi connectivity index (χ1n) is 8.06. The zero-order valence-corrected chi connectivity index (χ0v) is 15.3. The van der Waals surface area contributed by atoms with E-state index in [-0.39, 0.29) is 25.0 Å². The van der Waals surface area contributed by atoms with Gasteiger partial charge in [-0.2, -0.15) is 5.10 Å². The first-order valence-corrected chi connectivity index (χ1v) is 8.44. The Bertz CT molecular complexity index is 741. The van der Waals surface area contributed by atoms with Gasteiger partial charge in [0.1, 0.15) is 0 Å². The van der Waals surface area contributed by atoms with Gasteiger partial charge in [-0.3, -0.25) is 14.3 Å². The van der Waals surface area contributed by atoms with Crippen LogP contribution in [0.1, 0.15) is 36.3 Å². The largest absolute Gasteiger partial charge is 0.456 e. The summed E-state index contributed by atoms with van der Waals surface area (Å²) in [5, 5.41) is 7.69. The van der Waals surface area contributed by atoms with Gasteiger partial charge in [0.15, 0.2) is 6.61 Å². The first kappa shape index (κ1) is 19.0. The molecular weight excluding hydrogens is 342 g/mol. The molecule has 0 radical (unpaired) electrons. The molecule has 1 aromatic heterocycles. The molecule has 1 N–H and O–H groups in total. The zero-order chi connectivity index (χ0) is 18.4. The van der Waals surface area contributed by atoms with E-state index in [2.05, 4.69) is 10.4 Å². The number of nitrogens with zero attached hydrogens (tertiary/aromatic N) is 2. The van der Waals surface area contributed by atoms with E-state index in [0.717, 1.165) is 17.0 Å². The van der Waals surface area contributed by atoms with Crippen LogP contribution in [0.2, 0.25) is 5.02 Å². The second-order valence-electron chi connectivity index (χ2n) is 5.90. The van der Waals surface area contributed by atoms with Crippen molar-refractivity contribution in [3.63, 3.8) is 0 Å². The number of benzene rings is 1. The summed E-state index contributed by atoms with van der Waals surface area (Å²) in [6, 6.07) is 8.95. The molecule has 1 amide bonds. The average Bonchev–Trinajstić information content (AvgIpc) is 2.89. The maximum atomic E-state index is 11.9. The number of carbonyl (C=O) groups excluding carboxylic acids is 2. The summed E-state index contributed by atoms with van der Waals surface area (Å²) in [5.41, 5.74) is 2.81. The lowest BCUT2D eigenvalue weighted by Crippen LogP contribution is -2.31. The Morgan fingerprint density at radius 3 is 2.56 bits per heavy atom. The lowest BCUT2D eigenvalue weighted by molar-refractivity contribution is -0.149. The highest BCUT2D eigenvalue weighted by Crippen LogP contribution is 2.15. The molecule has 1 unspecified atom stereocenters. The fraction of sp³-hybridized carbons (Fsp3) is 0.389. The lowest BCUT2D eigenvalue weighted by atomic mass is 10.1. The SMILES string of the molecule is Cc1cc(C)n(CCC(=O)OCC(=O)NC(C)c2ccc(Cl)cc2)n1. The van der Waals surface area contributed by atoms with E-state index < -0.39 is 5.97 Å². The molecule has 0 aliphatic heterocycles. The summed E-state index contributed by atoms with van der Waals surface area (Å²) < 4.78 is 6.76. The molecule has 1 heterocycles. The van der Waals surface area contributed by atoms with Gasteiger partial charge in [0.2, 0.25) is 0 Å². The van der Waals surface area contributed by atoms with Crippen molar-refractivity contribution < 1.29 is 14.3 Å². The normalized spacial score (nSPS) is 11.8. The number of carbonyl (C=O) groups is 2. The van der Waals surface area contributed by atoms with Gasteiger partial charge in [-0.05, 0) is 44.5 Å². The van der Waals surface area contributed by atoms with Crippen molar-refractivity contribution in [3.8, 4) is 0 Å². The van der Waals surface area contributed by atoms with Gasteiger partial charge in [0.25, 0.3) is 5.91 Å². The third kappa shape index (κ3) is 5.90. The third-order valence-electron chi connectivity index (χ3n) is 3.74. The van der Waals surface area contributed by atoms with Gasteiger partial charge >= 0.3 is 5.97 Å². The predicted octanol–water partition coefficient (Wildman–Crippen LogP) is 2.96. The van der Waals surface area contributed by atoms with Crippen LogP contribution in [-0.2, 0) is 20.9 Å². The van der Waals surface area contributed by atoms with E-state index >= 15 is 0 Å². The quantitative estimate of drug-likeness (QED) is 0.767. The number of aryl methyl sites for hydroxylation is 3. The van der Waals surface area contributed by atoms with Crippen LogP contribution in [0.5, 0.6) is 0 Å². The van der Waals surface area contributed by atoms with Crippen molar-refractivity contribution in [1.29, 1.82) is 0 Å². The molecule has 0 fully saturated rings. The summed E-state index contributed by atoms with van der Waals surface area (Å²) in [4.78, 5) is 23.7. The second-order valence-corrected chi connectivity index (χ2v) is 6.34. The van der Waals surface area contributed by atoms with E-state index in [1.807, 2.05) is 39.0 Å². The number of hydrogen-bond donors (Lipinski definition) is 1. The second kappa shape index (κ2) is 8.67. The highest BCUT2D eigenvalue weighted by atomic mass is 35.5. The summed E-state index contributed by atoms with van der Waals surface area (Å²) in [6.07, 6.45) is 0.169. The van der Waals surface area contributed by atoms with Crippen molar-refractivity contribution >= 4 is 23.5 Å². The maximum Gasteiger partial charge on any atom is 0.308 e. The van der Waals surface area contributed by atoms with Gasteiger partial charge in [0.05, 0.1) is 24.7 Å². The van der Waals surface area contributed by atoms with Crippen molar-refractivity contribution in [2.45, 2.75) is 39.8 Å². The van der Waals surface area contributed by atoms with Crippen LogP contribution in [0.25, 0.3) is 0 Å². The summed E-state index contributed by atoms with van der Waals surface area (Å²) in [5.74, 6) is -0.774. The molecule has 0 bridgehead atoms. The molecular formula is C18H22ClN3O3. The summed E-state index contributed by atoms with van der Waals surface area (Å²) >= 11 is 5.84. The van der Waals surface area contributed by atoms with E-state index in [1.54, 1.807) is 16.8 Å². The standard InChI is InChI=1S/C18H22ClN3O3/c1-12-10-13(2)22(21-12)9-8-18(24)25-11-17(23)20-14(3)15-4-6-16(19)7-5-15/h4-7,10,14H,8-9,11H2,1-3H3,(H,20,23). The van der Waals surface area contributed by atoms with Crippen LogP contribution in [0.4, 0.5) is 0 Å². The molecule has 1 aromatic carbocycles. The van der Waals surface area contributed by atoms with Crippen molar-refractivity contribution in [2.24, 2.45) is 0 Å². The topological polar surface area (TPSA) is 73.2 Å². The Balaban J connectivity index is 1.72. The highest BCUT2D eigenvalue weighted by molar-refractivity contribution is 6.30. The van der Waals surface area contributed by atoms with Gasteiger partial charge in [-0.15, -0.1) is 0 Å². The molecule has 25 heavy (non-hydrogen) atoms. The molecule has 6 nitrogen and oxygen atoms in total. The van der Waals surface area contributed by atoms with Crippen LogP contribution >= 0.6 is 11.6 Å².